The first-order chi connectivity index (χ1) is 7.73. The molecule has 2 nitrogen and oxygen atoms in total. The lowest BCUT2D eigenvalue weighted by molar-refractivity contribution is 0.0182. The van der Waals surface area contributed by atoms with Gasteiger partial charge in [-0.2, -0.15) is 0 Å². The minimum atomic E-state index is -0.550. The average molecular weight is 304 g/mol. The van der Waals surface area contributed by atoms with Crippen molar-refractivity contribution < 1.29 is 9.50 Å². The Bertz CT molecular complexity index is 373. The topological polar surface area (TPSA) is 23.5 Å². The molecule has 0 saturated carbocycles. The van der Waals surface area contributed by atoms with Crippen LogP contribution in [0.25, 0.3) is 0 Å². The van der Waals surface area contributed by atoms with Crippen LogP contribution in [0.1, 0.15) is 19.4 Å². The fourth-order valence-electron chi connectivity index (χ4n) is 1.50. The van der Waals surface area contributed by atoms with Gasteiger partial charge in [0.2, 0.25) is 0 Å². The van der Waals surface area contributed by atoms with Gasteiger partial charge in [0.1, 0.15) is 5.82 Å². The van der Waals surface area contributed by atoms with E-state index < -0.39 is 6.10 Å². The Kier molecular flexibility index (Phi) is 4.69. The van der Waals surface area contributed by atoms with E-state index in [0.29, 0.717) is 10.9 Å². The Morgan fingerprint density at radius 2 is 1.94 bits per heavy atom. The number of halogens is 2. The molecular weight excluding hydrogens is 285 g/mol. The molecule has 0 amide bonds. The number of hydrogen-bond acceptors (Lipinski definition) is 2. The summed E-state index contributed by atoms with van der Waals surface area (Å²) in [7, 11) is 3.84. The van der Waals surface area contributed by atoms with Crippen LogP contribution in [0.5, 0.6) is 0 Å². The van der Waals surface area contributed by atoms with Gasteiger partial charge in [-0.1, -0.05) is 15.9 Å². The van der Waals surface area contributed by atoms with E-state index in [1.807, 2.05) is 38.9 Å². The normalized spacial score (nSPS) is 14.1. The maximum absolute atomic E-state index is 13.2. The zero-order valence-corrected chi connectivity index (χ0v) is 12.3. The minimum Gasteiger partial charge on any atom is -0.391 e. The van der Waals surface area contributed by atoms with E-state index in [1.165, 1.54) is 12.1 Å². The van der Waals surface area contributed by atoms with Crippen LogP contribution in [0.2, 0.25) is 0 Å². The molecule has 0 bridgehead atoms. The van der Waals surface area contributed by atoms with Gasteiger partial charge in [-0.15, -0.1) is 0 Å². The third-order valence-electron chi connectivity index (χ3n) is 3.32. The Hall–Kier alpha value is -0.450. The lowest BCUT2D eigenvalue weighted by Crippen LogP contribution is -2.49. The largest absolute Gasteiger partial charge is 0.391 e. The maximum atomic E-state index is 13.2. The molecule has 0 spiro atoms. The molecule has 1 N–H and O–H groups in total. The molecule has 0 aromatic heterocycles. The number of aliphatic hydroxyl groups excluding tert-OH is 1. The van der Waals surface area contributed by atoms with E-state index in [4.69, 9.17) is 0 Å². The van der Waals surface area contributed by atoms with Gasteiger partial charge in [-0.3, -0.25) is 0 Å². The van der Waals surface area contributed by atoms with Gasteiger partial charge in [-0.05, 0) is 51.7 Å². The van der Waals surface area contributed by atoms with Gasteiger partial charge >= 0.3 is 0 Å². The summed E-state index contributed by atoms with van der Waals surface area (Å²) in [4.78, 5) is 1.96. The van der Waals surface area contributed by atoms with E-state index in [1.54, 1.807) is 0 Å². The summed E-state index contributed by atoms with van der Waals surface area (Å²) in [6.07, 6.45) is -0.118. The number of nitrogens with zero attached hydrogens (tertiary/aromatic N) is 1. The van der Waals surface area contributed by atoms with Gasteiger partial charge in [0.25, 0.3) is 0 Å². The second-order valence-corrected chi connectivity index (χ2v) is 5.96. The molecule has 96 valence electrons. The molecule has 0 radical (unpaired) electrons. The lowest BCUT2D eigenvalue weighted by atomic mass is 9.91. The third-order valence-corrected chi connectivity index (χ3v) is 3.78. The van der Waals surface area contributed by atoms with E-state index >= 15 is 0 Å². The molecule has 1 rings (SSSR count). The molecule has 0 heterocycles. The molecule has 17 heavy (non-hydrogen) atoms. The van der Waals surface area contributed by atoms with Crippen LogP contribution in [-0.4, -0.2) is 35.7 Å². The van der Waals surface area contributed by atoms with Crippen molar-refractivity contribution in [2.24, 2.45) is 0 Å². The van der Waals surface area contributed by atoms with Crippen LogP contribution in [0.15, 0.2) is 22.7 Å². The van der Waals surface area contributed by atoms with Crippen molar-refractivity contribution in [3.05, 3.63) is 34.1 Å². The molecule has 0 fully saturated rings. The standard InChI is InChI=1S/C13H19BrFNO/c1-13(2,16(3)4)12(17)7-9-5-10(14)8-11(15)6-9/h5-6,8,12,17H,7H2,1-4H3. The molecule has 0 saturated heterocycles. The Morgan fingerprint density at radius 3 is 2.41 bits per heavy atom. The Balaban J connectivity index is 2.84. The quantitative estimate of drug-likeness (QED) is 0.924. The van der Waals surface area contributed by atoms with Gasteiger partial charge in [-0.25, -0.2) is 4.39 Å². The zero-order chi connectivity index (χ0) is 13.2. The summed E-state index contributed by atoms with van der Waals surface area (Å²) in [6.45, 7) is 3.93. The summed E-state index contributed by atoms with van der Waals surface area (Å²) in [5.41, 5.74) is 0.443. The number of aliphatic hydroxyl groups is 1. The Labute approximate surface area is 111 Å². The van der Waals surface area contributed by atoms with Crippen molar-refractivity contribution in [2.45, 2.75) is 31.9 Å². The first-order valence-corrected chi connectivity index (χ1v) is 6.33. The summed E-state index contributed by atoms with van der Waals surface area (Å²) in [5.74, 6) is -0.288. The average Bonchev–Trinajstić information content (AvgIpc) is 2.15. The number of hydrogen-bond donors (Lipinski definition) is 1. The second-order valence-electron chi connectivity index (χ2n) is 5.05. The summed E-state index contributed by atoms with van der Waals surface area (Å²) >= 11 is 3.25. The molecule has 1 aromatic carbocycles. The molecule has 1 atom stereocenters. The van der Waals surface area contributed by atoms with Crippen molar-refractivity contribution in [1.29, 1.82) is 0 Å². The third kappa shape index (κ3) is 3.76. The highest BCUT2D eigenvalue weighted by Gasteiger charge is 2.30. The number of likely N-dealkylation sites (N-methyl/N-ethyl adjacent to an activating group) is 1. The van der Waals surface area contributed by atoms with E-state index in [0.717, 1.165) is 5.56 Å². The van der Waals surface area contributed by atoms with E-state index in [-0.39, 0.29) is 11.4 Å². The zero-order valence-electron chi connectivity index (χ0n) is 10.7. The predicted octanol–water partition coefficient (Wildman–Crippen LogP) is 2.83. The van der Waals surface area contributed by atoms with Crippen LogP contribution in [0, 0.1) is 5.82 Å². The molecule has 4 heteroatoms. The van der Waals surface area contributed by atoms with Crippen molar-refractivity contribution in [3.63, 3.8) is 0 Å². The van der Waals surface area contributed by atoms with Crippen LogP contribution < -0.4 is 0 Å². The number of rotatable bonds is 4. The fourth-order valence-corrected chi connectivity index (χ4v) is 2.01. The van der Waals surface area contributed by atoms with E-state index in [2.05, 4.69) is 15.9 Å². The van der Waals surface area contributed by atoms with Crippen LogP contribution in [0.4, 0.5) is 4.39 Å². The highest BCUT2D eigenvalue weighted by Crippen LogP contribution is 2.22. The van der Waals surface area contributed by atoms with Crippen molar-refractivity contribution >= 4 is 15.9 Å². The van der Waals surface area contributed by atoms with Crippen molar-refractivity contribution in [3.8, 4) is 0 Å². The SMILES string of the molecule is CN(C)C(C)(C)C(O)Cc1cc(F)cc(Br)c1. The van der Waals surface area contributed by atoms with Gasteiger partial charge < -0.3 is 10.0 Å². The van der Waals surface area contributed by atoms with E-state index in [9.17, 15) is 9.50 Å². The van der Waals surface area contributed by atoms with Crippen molar-refractivity contribution in [1.82, 2.24) is 4.90 Å². The minimum absolute atomic E-state index is 0.288. The summed E-state index contributed by atoms with van der Waals surface area (Å²) < 4.78 is 13.9. The van der Waals surface area contributed by atoms with Gasteiger partial charge in [0.15, 0.2) is 0 Å². The molecule has 0 aliphatic heterocycles. The Morgan fingerprint density at radius 1 is 1.35 bits per heavy atom. The smallest absolute Gasteiger partial charge is 0.124 e. The fraction of sp³-hybridized carbons (Fsp3) is 0.538. The molecule has 1 aromatic rings. The molecule has 0 aliphatic rings. The summed E-state index contributed by atoms with van der Waals surface area (Å²) in [6, 6.07) is 4.70. The summed E-state index contributed by atoms with van der Waals surface area (Å²) in [5, 5.41) is 10.2. The second kappa shape index (κ2) is 5.46. The monoisotopic (exact) mass is 303 g/mol. The lowest BCUT2D eigenvalue weighted by Gasteiger charge is -2.37. The number of benzene rings is 1. The first kappa shape index (κ1) is 14.6. The molecular formula is C13H19BrFNO. The highest BCUT2D eigenvalue weighted by atomic mass is 79.9. The van der Waals surface area contributed by atoms with Crippen LogP contribution in [0.3, 0.4) is 0 Å². The van der Waals surface area contributed by atoms with Gasteiger partial charge in [0, 0.05) is 16.4 Å². The van der Waals surface area contributed by atoms with Gasteiger partial charge in [0.05, 0.1) is 6.10 Å². The maximum Gasteiger partial charge on any atom is 0.124 e. The first-order valence-electron chi connectivity index (χ1n) is 5.54. The molecule has 1 unspecified atom stereocenters. The van der Waals surface area contributed by atoms with Crippen LogP contribution in [-0.2, 0) is 6.42 Å². The van der Waals surface area contributed by atoms with Crippen LogP contribution >= 0.6 is 15.9 Å². The van der Waals surface area contributed by atoms with Crippen molar-refractivity contribution in [2.75, 3.05) is 14.1 Å². The predicted molar refractivity (Wildman–Crippen MR) is 71.6 cm³/mol. The highest BCUT2D eigenvalue weighted by molar-refractivity contribution is 9.10. The molecule has 0 aliphatic carbocycles.